The Morgan fingerprint density at radius 2 is 2.17 bits per heavy atom. The number of carbonyl (C=O) groups is 1. The summed E-state index contributed by atoms with van der Waals surface area (Å²) in [5.41, 5.74) is 1.11. The fraction of sp³-hybridized carbons (Fsp3) is 0.471. The summed E-state index contributed by atoms with van der Waals surface area (Å²) in [4.78, 5) is 25.3. The second kappa shape index (κ2) is 7.25. The first-order chi connectivity index (χ1) is 11.5. The highest BCUT2D eigenvalue weighted by atomic mass is 32.2. The first-order valence-electron chi connectivity index (χ1n) is 8.15. The third-order valence-electron chi connectivity index (χ3n) is 4.32. The van der Waals surface area contributed by atoms with Gasteiger partial charge in [-0.1, -0.05) is 18.2 Å². The van der Waals surface area contributed by atoms with Gasteiger partial charge in [0.2, 0.25) is 5.91 Å². The molecule has 1 unspecified atom stereocenters. The number of benzene rings is 1. The zero-order valence-corrected chi connectivity index (χ0v) is 14.8. The van der Waals surface area contributed by atoms with E-state index in [9.17, 15) is 9.59 Å². The van der Waals surface area contributed by atoms with E-state index in [1.54, 1.807) is 23.4 Å². The van der Waals surface area contributed by atoms with E-state index in [-0.39, 0.29) is 17.6 Å². The van der Waals surface area contributed by atoms with Gasteiger partial charge in [0.25, 0.3) is 0 Å². The van der Waals surface area contributed by atoms with Crippen molar-refractivity contribution in [3.05, 3.63) is 46.1 Å². The van der Waals surface area contributed by atoms with Gasteiger partial charge < -0.3 is 5.32 Å². The quantitative estimate of drug-likeness (QED) is 0.852. The lowest BCUT2D eigenvalue weighted by Crippen LogP contribution is -2.36. The van der Waals surface area contributed by atoms with Crippen molar-refractivity contribution in [3.63, 3.8) is 0 Å². The van der Waals surface area contributed by atoms with Gasteiger partial charge in [-0.2, -0.15) is 5.10 Å². The largest absolute Gasteiger partial charge is 0.353 e. The van der Waals surface area contributed by atoms with Gasteiger partial charge >= 0.3 is 5.69 Å². The third kappa shape index (κ3) is 3.72. The average Bonchev–Trinajstić information content (AvgIpc) is 2.72. The van der Waals surface area contributed by atoms with Crippen molar-refractivity contribution in [3.8, 4) is 0 Å². The summed E-state index contributed by atoms with van der Waals surface area (Å²) in [7, 11) is 1.67. The highest BCUT2D eigenvalue weighted by molar-refractivity contribution is 8.00. The van der Waals surface area contributed by atoms with Crippen molar-refractivity contribution in [1.82, 2.24) is 19.7 Å². The molecule has 0 saturated heterocycles. The zero-order chi connectivity index (χ0) is 17.1. The molecule has 128 valence electrons. The highest BCUT2D eigenvalue weighted by Gasteiger charge is 2.21. The van der Waals surface area contributed by atoms with E-state index in [2.05, 4.69) is 10.4 Å². The summed E-state index contributed by atoms with van der Waals surface area (Å²) < 4.78 is 3.10. The van der Waals surface area contributed by atoms with Crippen LogP contribution in [0.5, 0.6) is 0 Å². The Morgan fingerprint density at radius 1 is 1.38 bits per heavy atom. The monoisotopic (exact) mass is 346 g/mol. The number of amides is 1. The van der Waals surface area contributed by atoms with Crippen molar-refractivity contribution in [2.75, 3.05) is 5.75 Å². The van der Waals surface area contributed by atoms with E-state index < -0.39 is 0 Å². The van der Waals surface area contributed by atoms with Crippen molar-refractivity contribution in [1.29, 1.82) is 0 Å². The Balaban J connectivity index is 1.53. The molecule has 24 heavy (non-hydrogen) atoms. The van der Waals surface area contributed by atoms with E-state index in [4.69, 9.17) is 0 Å². The van der Waals surface area contributed by atoms with Crippen LogP contribution in [0.2, 0.25) is 0 Å². The van der Waals surface area contributed by atoms with Gasteiger partial charge in [-0.3, -0.25) is 9.36 Å². The summed E-state index contributed by atoms with van der Waals surface area (Å²) in [5.74, 6) is 1.27. The topological polar surface area (TPSA) is 68.9 Å². The van der Waals surface area contributed by atoms with Crippen molar-refractivity contribution in [2.45, 2.75) is 43.7 Å². The molecule has 0 fully saturated rings. The minimum Gasteiger partial charge on any atom is -0.353 e. The van der Waals surface area contributed by atoms with Gasteiger partial charge in [-0.25, -0.2) is 9.48 Å². The fourth-order valence-corrected chi connectivity index (χ4v) is 3.81. The van der Waals surface area contributed by atoms with Crippen LogP contribution in [0, 0.1) is 6.92 Å². The van der Waals surface area contributed by atoms with Gasteiger partial charge in [0.15, 0.2) is 0 Å². The van der Waals surface area contributed by atoms with Crippen LogP contribution in [-0.4, -0.2) is 32.0 Å². The summed E-state index contributed by atoms with van der Waals surface area (Å²) >= 11 is 1.56. The SMILES string of the molecule is Cc1ccccc1SCC(=O)NC1CCc2nn(C)c(=O)n2CC1. The van der Waals surface area contributed by atoms with E-state index in [0.29, 0.717) is 18.7 Å². The molecule has 0 aliphatic carbocycles. The highest BCUT2D eigenvalue weighted by Crippen LogP contribution is 2.21. The molecule has 1 N–H and O–H groups in total. The van der Waals surface area contributed by atoms with Crippen LogP contribution in [0.3, 0.4) is 0 Å². The minimum absolute atomic E-state index is 0.0423. The average molecular weight is 346 g/mol. The van der Waals surface area contributed by atoms with E-state index in [1.807, 2.05) is 31.2 Å². The molecule has 0 saturated carbocycles. The number of nitrogens with zero attached hydrogens (tertiary/aromatic N) is 3. The minimum atomic E-state index is -0.0768. The van der Waals surface area contributed by atoms with Gasteiger partial charge in [0.1, 0.15) is 5.82 Å². The summed E-state index contributed by atoms with van der Waals surface area (Å²) in [6.07, 6.45) is 2.29. The van der Waals surface area contributed by atoms with Crippen LogP contribution in [0.1, 0.15) is 24.2 Å². The standard InChI is InChI=1S/C17H22N4O2S/c1-12-5-3-4-6-14(12)24-11-16(22)18-13-7-8-15-19-20(2)17(23)21(15)10-9-13/h3-6,13H,7-11H2,1-2H3,(H,18,22). The number of aryl methyl sites for hydroxylation is 3. The molecule has 2 aromatic rings. The summed E-state index contributed by atoms with van der Waals surface area (Å²) in [6, 6.07) is 8.17. The number of fused-ring (bicyclic) bond motifs is 1. The van der Waals surface area contributed by atoms with Gasteiger partial charge in [0.05, 0.1) is 5.75 Å². The molecular weight excluding hydrogens is 324 g/mol. The Kier molecular flexibility index (Phi) is 5.08. The molecule has 0 radical (unpaired) electrons. The number of hydrogen-bond acceptors (Lipinski definition) is 4. The van der Waals surface area contributed by atoms with Crippen molar-refractivity contribution < 1.29 is 4.79 Å². The second-order valence-electron chi connectivity index (χ2n) is 6.12. The predicted molar refractivity (Wildman–Crippen MR) is 94.2 cm³/mol. The van der Waals surface area contributed by atoms with Crippen LogP contribution >= 0.6 is 11.8 Å². The first kappa shape index (κ1) is 16.8. The van der Waals surface area contributed by atoms with E-state index in [1.165, 1.54) is 10.2 Å². The van der Waals surface area contributed by atoms with Crippen LogP contribution < -0.4 is 11.0 Å². The van der Waals surface area contributed by atoms with Crippen LogP contribution in [0.25, 0.3) is 0 Å². The number of hydrogen-bond donors (Lipinski definition) is 1. The number of thioether (sulfide) groups is 1. The number of nitrogens with one attached hydrogen (secondary N) is 1. The molecule has 1 atom stereocenters. The molecule has 1 aliphatic rings. The van der Waals surface area contributed by atoms with Crippen molar-refractivity contribution in [2.24, 2.45) is 7.05 Å². The Labute approximate surface area is 145 Å². The third-order valence-corrected chi connectivity index (χ3v) is 5.50. The van der Waals surface area contributed by atoms with Gasteiger partial charge in [0, 0.05) is 31.0 Å². The first-order valence-corrected chi connectivity index (χ1v) is 9.13. The second-order valence-corrected chi connectivity index (χ2v) is 7.14. The maximum atomic E-state index is 12.2. The summed E-state index contributed by atoms with van der Waals surface area (Å²) in [5, 5.41) is 7.36. The molecule has 1 aromatic carbocycles. The lowest BCUT2D eigenvalue weighted by Gasteiger charge is -2.16. The molecule has 3 rings (SSSR count). The normalized spacial score (nSPS) is 17.2. The van der Waals surface area contributed by atoms with E-state index >= 15 is 0 Å². The molecule has 1 aromatic heterocycles. The smallest absolute Gasteiger partial charge is 0.345 e. The Hall–Kier alpha value is -2.02. The molecular formula is C17H22N4O2S. The molecule has 0 bridgehead atoms. The molecule has 2 heterocycles. The number of rotatable bonds is 4. The van der Waals surface area contributed by atoms with Crippen LogP contribution in [-0.2, 0) is 24.8 Å². The number of aromatic nitrogens is 3. The van der Waals surface area contributed by atoms with Crippen molar-refractivity contribution >= 4 is 17.7 Å². The predicted octanol–water partition coefficient (Wildman–Crippen LogP) is 1.50. The molecule has 7 heteroatoms. The molecule has 6 nitrogen and oxygen atoms in total. The zero-order valence-electron chi connectivity index (χ0n) is 14.0. The molecule has 0 spiro atoms. The van der Waals surface area contributed by atoms with Crippen LogP contribution in [0.15, 0.2) is 34.0 Å². The van der Waals surface area contributed by atoms with Crippen LogP contribution in [0.4, 0.5) is 0 Å². The molecule has 1 aliphatic heterocycles. The Bertz CT molecular complexity index is 796. The number of carbonyl (C=O) groups excluding carboxylic acids is 1. The van der Waals surface area contributed by atoms with Gasteiger partial charge in [-0.15, -0.1) is 11.8 Å². The lowest BCUT2D eigenvalue weighted by molar-refractivity contribution is -0.119. The Morgan fingerprint density at radius 3 is 2.96 bits per heavy atom. The van der Waals surface area contributed by atoms with Gasteiger partial charge in [-0.05, 0) is 31.4 Å². The fourth-order valence-electron chi connectivity index (χ4n) is 2.97. The maximum Gasteiger partial charge on any atom is 0.345 e. The molecule has 1 amide bonds. The maximum absolute atomic E-state index is 12.2. The summed E-state index contributed by atoms with van der Waals surface area (Å²) in [6.45, 7) is 2.66. The van der Waals surface area contributed by atoms with E-state index in [0.717, 1.165) is 23.6 Å². The lowest BCUT2D eigenvalue weighted by atomic mass is 10.1.